The van der Waals surface area contributed by atoms with E-state index in [1.165, 1.54) is 19.3 Å². The van der Waals surface area contributed by atoms with Crippen molar-refractivity contribution in [1.82, 2.24) is 9.61 Å². The number of hydrogen-bond acceptors (Lipinski definition) is 4. The molecule has 1 fully saturated rings. The highest BCUT2D eigenvalue weighted by molar-refractivity contribution is 6.06. The minimum Gasteiger partial charge on any atom is -0.508 e. The molecule has 0 spiro atoms. The van der Waals surface area contributed by atoms with E-state index in [-0.39, 0.29) is 5.75 Å². The SMILES string of the molecule is CCc1cc(O)ccc1N=C(N)c1cnn2cc(-c3ccccc3)cc2c1NC1CCCCC1C. The fourth-order valence-electron chi connectivity index (χ4n) is 5.06. The lowest BCUT2D eigenvalue weighted by molar-refractivity contribution is 0.349. The van der Waals surface area contributed by atoms with Gasteiger partial charge in [0.15, 0.2) is 0 Å². The molecule has 180 valence electrons. The van der Waals surface area contributed by atoms with Gasteiger partial charge in [-0.3, -0.25) is 0 Å². The van der Waals surface area contributed by atoms with Gasteiger partial charge in [0.1, 0.15) is 11.6 Å². The van der Waals surface area contributed by atoms with E-state index in [1.54, 1.807) is 12.1 Å². The lowest BCUT2D eigenvalue weighted by Gasteiger charge is -2.31. The highest BCUT2D eigenvalue weighted by atomic mass is 16.3. The minimum atomic E-state index is 0.234. The third-order valence-corrected chi connectivity index (χ3v) is 7.15. The van der Waals surface area contributed by atoms with Gasteiger partial charge >= 0.3 is 0 Å². The van der Waals surface area contributed by atoms with E-state index in [4.69, 9.17) is 15.8 Å². The van der Waals surface area contributed by atoms with Crippen LogP contribution in [0.5, 0.6) is 5.75 Å². The summed E-state index contributed by atoms with van der Waals surface area (Å²) in [5, 5.41) is 18.4. The van der Waals surface area contributed by atoms with Crippen molar-refractivity contribution >= 4 is 22.7 Å². The molecule has 6 heteroatoms. The Labute approximate surface area is 206 Å². The van der Waals surface area contributed by atoms with E-state index in [1.807, 2.05) is 41.9 Å². The lowest BCUT2D eigenvalue weighted by Crippen LogP contribution is -2.32. The number of amidine groups is 1. The Kier molecular flexibility index (Phi) is 6.45. The zero-order valence-electron chi connectivity index (χ0n) is 20.4. The molecular formula is C29H33N5O. The lowest BCUT2D eigenvalue weighted by atomic mass is 9.85. The molecule has 35 heavy (non-hydrogen) atoms. The van der Waals surface area contributed by atoms with E-state index in [0.29, 0.717) is 17.8 Å². The van der Waals surface area contributed by atoms with Crippen LogP contribution in [0.2, 0.25) is 0 Å². The summed E-state index contributed by atoms with van der Waals surface area (Å²) in [5.74, 6) is 1.22. The molecule has 4 aromatic rings. The molecule has 0 aliphatic heterocycles. The fourth-order valence-corrected chi connectivity index (χ4v) is 5.06. The second-order valence-electron chi connectivity index (χ2n) is 9.53. The molecule has 2 aromatic heterocycles. The summed E-state index contributed by atoms with van der Waals surface area (Å²) < 4.78 is 1.92. The van der Waals surface area contributed by atoms with Crippen molar-refractivity contribution in [3.63, 3.8) is 0 Å². The number of aliphatic imine (C=N–C) groups is 1. The Balaban J connectivity index is 1.63. The van der Waals surface area contributed by atoms with Crippen LogP contribution in [0.3, 0.4) is 0 Å². The molecule has 1 aliphatic rings. The monoisotopic (exact) mass is 467 g/mol. The zero-order valence-corrected chi connectivity index (χ0v) is 20.4. The van der Waals surface area contributed by atoms with Gasteiger partial charge in [-0.15, -0.1) is 0 Å². The number of fused-ring (bicyclic) bond motifs is 1. The van der Waals surface area contributed by atoms with Crippen molar-refractivity contribution in [2.75, 3.05) is 5.32 Å². The normalized spacial score (nSPS) is 18.6. The molecule has 0 bridgehead atoms. The first kappa shape index (κ1) is 23.0. The first-order chi connectivity index (χ1) is 17.0. The van der Waals surface area contributed by atoms with Gasteiger partial charge in [-0.25, -0.2) is 9.51 Å². The quantitative estimate of drug-likeness (QED) is 0.229. The Morgan fingerprint density at radius 3 is 2.69 bits per heavy atom. The van der Waals surface area contributed by atoms with E-state index in [0.717, 1.165) is 52.0 Å². The molecule has 1 saturated carbocycles. The molecule has 2 atom stereocenters. The van der Waals surface area contributed by atoms with Gasteiger partial charge < -0.3 is 16.2 Å². The maximum atomic E-state index is 9.88. The Bertz CT molecular complexity index is 1360. The third-order valence-electron chi connectivity index (χ3n) is 7.15. The molecule has 4 N–H and O–H groups in total. The van der Waals surface area contributed by atoms with Crippen LogP contribution >= 0.6 is 0 Å². The number of hydrogen-bond donors (Lipinski definition) is 3. The Morgan fingerprint density at radius 2 is 1.91 bits per heavy atom. The van der Waals surface area contributed by atoms with Crippen molar-refractivity contribution in [1.29, 1.82) is 0 Å². The highest BCUT2D eigenvalue weighted by Crippen LogP contribution is 2.33. The van der Waals surface area contributed by atoms with E-state index < -0.39 is 0 Å². The number of benzene rings is 2. The van der Waals surface area contributed by atoms with Crippen LogP contribution in [-0.2, 0) is 6.42 Å². The van der Waals surface area contributed by atoms with Crippen LogP contribution in [0.1, 0.15) is 50.7 Å². The number of phenolic OH excluding ortho intramolecular Hbond substituents is 1. The molecular weight excluding hydrogens is 434 g/mol. The number of aromatic hydroxyl groups is 1. The van der Waals surface area contributed by atoms with Crippen LogP contribution in [0.15, 0.2) is 72.0 Å². The van der Waals surface area contributed by atoms with Gasteiger partial charge in [0.2, 0.25) is 0 Å². The van der Waals surface area contributed by atoms with Gasteiger partial charge in [0, 0.05) is 17.8 Å². The van der Waals surface area contributed by atoms with Crippen molar-refractivity contribution in [2.24, 2.45) is 16.6 Å². The van der Waals surface area contributed by atoms with Gasteiger partial charge in [-0.05, 0) is 60.6 Å². The van der Waals surface area contributed by atoms with Crippen molar-refractivity contribution in [3.05, 3.63) is 78.1 Å². The summed E-state index contributed by atoms with van der Waals surface area (Å²) in [4.78, 5) is 4.78. The van der Waals surface area contributed by atoms with Crippen LogP contribution in [0, 0.1) is 5.92 Å². The Hall–Kier alpha value is -3.80. The molecule has 6 nitrogen and oxygen atoms in total. The first-order valence-electron chi connectivity index (χ1n) is 12.5. The number of nitrogens with zero attached hydrogens (tertiary/aromatic N) is 3. The average molecular weight is 468 g/mol. The second kappa shape index (κ2) is 9.82. The number of rotatable bonds is 6. The van der Waals surface area contributed by atoms with Gasteiger partial charge in [-0.2, -0.15) is 5.10 Å². The molecule has 0 saturated heterocycles. The van der Waals surface area contributed by atoms with E-state index in [9.17, 15) is 5.11 Å². The maximum Gasteiger partial charge on any atom is 0.135 e. The fraction of sp³-hybridized carbons (Fsp3) is 0.310. The van der Waals surface area contributed by atoms with Crippen molar-refractivity contribution in [3.8, 4) is 16.9 Å². The van der Waals surface area contributed by atoms with Crippen molar-refractivity contribution < 1.29 is 5.11 Å². The third kappa shape index (κ3) is 4.74. The van der Waals surface area contributed by atoms with E-state index >= 15 is 0 Å². The number of aromatic nitrogens is 2. The second-order valence-corrected chi connectivity index (χ2v) is 9.53. The molecule has 2 heterocycles. The topological polar surface area (TPSA) is 87.9 Å². The number of phenols is 1. The molecule has 2 aromatic carbocycles. The van der Waals surface area contributed by atoms with Crippen LogP contribution < -0.4 is 11.1 Å². The standard InChI is InChI=1S/C29H33N5O/c1-3-20-15-23(35)13-14-26(20)33-29(30)24-17-31-34-18-22(21-10-5-4-6-11-21)16-27(34)28(24)32-25-12-8-7-9-19(25)2/h4-6,10-11,13-19,25,32,35H,3,7-9,12H2,1-2H3,(H2,30,33). The zero-order chi connectivity index (χ0) is 24.4. The first-order valence-corrected chi connectivity index (χ1v) is 12.5. The smallest absolute Gasteiger partial charge is 0.135 e. The van der Waals surface area contributed by atoms with Gasteiger partial charge in [0.25, 0.3) is 0 Å². The maximum absolute atomic E-state index is 9.88. The molecule has 0 amide bonds. The molecule has 2 unspecified atom stereocenters. The molecule has 5 rings (SSSR count). The summed E-state index contributed by atoms with van der Waals surface area (Å²) in [6.45, 7) is 4.37. The number of aryl methyl sites for hydroxylation is 1. The van der Waals surface area contributed by atoms with E-state index in [2.05, 4.69) is 36.6 Å². The number of nitrogens with two attached hydrogens (primary N) is 1. The van der Waals surface area contributed by atoms with Crippen LogP contribution in [0.4, 0.5) is 11.4 Å². The predicted octanol–water partition coefficient (Wildman–Crippen LogP) is 6.30. The Morgan fingerprint density at radius 1 is 1.11 bits per heavy atom. The van der Waals surface area contributed by atoms with Gasteiger partial charge in [0.05, 0.1) is 28.7 Å². The summed E-state index contributed by atoms with van der Waals surface area (Å²) in [6.07, 6.45) is 9.49. The minimum absolute atomic E-state index is 0.234. The summed E-state index contributed by atoms with van der Waals surface area (Å²) in [5.41, 5.74) is 13.4. The molecule has 0 radical (unpaired) electrons. The van der Waals surface area contributed by atoms with Crippen molar-refractivity contribution in [2.45, 2.75) is 52.0 Å². The molecule has 1 aliphatic carbocycles. The number of nitrogens with one attached hydrogen (secondary N) is 1. The predicted molar refractivity (Wildman–Crippen MR) is 144 cm³/mol. The summed E-state index contributed by atoms with van der Waals surface area (Å²) >= 11 is 0. The largest absolute Gasteiger partial charge is 0.508 e. The van der Waals surface area contributed by atoms with Gasteiger partial charge in [-0.1, -0.05) is 57.0 Å². The highest BCUT2D eigenvalue weighted by Gasteiger charge is 2.24. The number of anilines is 1. The summed E-state index contributed by atoms with van der Waals surface area (Å²) in [6, 6.07) is 18.1. The average Bonchev–Trinajstić information content (AvgIpc) is 3.32. The van der Waals surface area contributed by atoms with Crippen LogP contribution in [-0.4, -0.2) is 26.6 Å². The van der Waals surface area contributed by atoms with Crippen LogP contribution in [0.25, 0.3) is 16.6 Å². The summed E-state index contributed by atoms with van der Waals surface area (Å²) in [7, 11) is 0.